The quantitative estimate of drug-likeness (QED) is 0.458. The molecule has 0 amide bonds. The van der Waals surface area contributed by atoms with Crippen LogP contribution in [0.1, 0.15) is 12.8 Å². The zero-order valence-electron chi connectivity index (χ0n) is 5.72. The number of nitrogens with zero attached hydrogens (tertiary/aromatic N) is 2. The van der Waals surface area contributed by atoms with Crippen LogP contribution in [0.4, 0.5) is 0 Å². The molecule has 0 aliphatic heterocycles. The highest BCUT2D eigenvalue weighted by atomic mass is 14.8. The predicted molar refractivity (Wildman–Crippen MR) is 35.1 cm³/mol. The maximum Gasteiger partial charge on any atom is 0.0130 e. The standard InChI is InChI=1S/C6H14N2/c1-7-5-3-4-6-8-2/h3-6H2,1-2H3. The monoisotopic (exact) mass is 114 g/mol. The fourth-order valence-electron chi connectivity index (χ4n) is 0.540. The average Bonchev–Trinajstić information content (AvgIpc) is 1.81. The molecule has 0 saturated heterocycles. The second-order valence-corrected chi connectivity index (χ2v) is 1.79. The molecule has 0 aliphatic rings. The van der Waals surface area contributed by atoms with Gasteiger partial charge in [-0.25, -0.2) is 10.6 Å². The summed E-state index contributed by atoms with van der Waals surface area (Å²) in [5.74, 6) is 0. The normalized spacial score (nSPS) is 9.75. The summed E-state index contributed by atoms with van der Waals surface area (Å²) in [4.78, 5) is 0. The van der Waals surface area contributed by atoms with Crippen LogP contribution in [0.25, 0.3) is 0 Å². The van der Waals surface area contributed by atoms with E-state index in [1.807, 2.05) is 14.1 Å². The number of hydrogen-bond donors (Lipinski definition) is 0. The molecule has 48 valence electrons. The van der Waals surface area contributed by atoms with E-state index in [0.29, 0.717) is 0 Å². The molecule has 0 atom stereocenters. The molecule has 0 N–H and O–H groups in total. The van der Waals surface area contributed by atoms with Gasteiger partial charge in [-0.05, 0) is 12.8 Å². The Morgan fingerprint density at radius 2 is 1.25 bits per heavy atom. The lowest BCUT2D eigenvalue weighted by atomic mass is 10.3. The van der Waals surface area contributed by atoms with Crippen LogP contribution in [-0.2, 0) is 0 Å². The predicted octanol–water partition coefficient (Wildman–Crippen LogP) is 0.235. The summed E-state index contributed by atoms with van der Waals surface area (Å²) >= 11 is 0. The third-order valence-corrected chi connectivity index (χ3v) is 1.01. The zero-order chi connectivity index (χ0) is 6.24. The van der Waals surface area contributed by atoms with Crippen LogP contribution in [0.15, 0.2) is 0 Å². The highest BCUT2D eigenvalue weighted by Crippen LogP contribution is 1.83. The molecule has 0 unspecified atom stereocenters. The van der Waals surface area contributed by atoms with Crippen molar-refractivity contribution in [2.75, 3.05) is 27.2 Å². The van der Waals surface area contributed by atoms with Crippen molar-refractivity contribution in [3.63, 3.8) is 0 Å². The van der Waals surface area contributed by atoms with E-state index >= 15 is 0 Å². The van der Waals surface area contributed by atoms with Crippen LogP contribution >= 0.6 is 0 Å². The summed E-state index contributed by atoms with van der Waals surface area (Å²) in [6, 6.07) is 0. The zero-order valence-corrected chi connectivity index (χ0v) is 5.72. The molecule has 0 spiro atoms. The second kappa shape index (κ2) is 6.92. The molecule has 0 aromatic carbocycles. The van der Waals surface area contributed by atoms with Crippen molar-refractivity contribution in [2.24, 2.45) is 0 Å². The van der Waals surface area contributed by atoms with Crippen molar-refractivity contribution in [2.45, 2.75) is 12.8 Å². The molecule has 8 heavy (non-hydrogen) atoms. The van der Waals surface area contributed by atoms with Crippen molar-refractivity contribution in [1.29, 1.82) is 0 Å². The molecule has 0 aliphatic carbocycles. The van der Waals surface area contributed by atoms with Crippen LogP contribution in [0.3, 0.4) is 0 Å². The Balaban J connectivity index is 2.53. The first-order valence-corrected chi connectivity index (χ1v) is 3.03. The van der Waals surface area contributed by atoms with E-state index in [1.54, 1.807) is 0 Å². The van der Waals surface area contributed by atoms with E-state index < -0.39 is 0 Å². The Kier molecular flexibility index (Phi) is 6.85. The van der Waals surface area contributed by atoms with E-state index in [0.717, 1.165) is 13.1 Å². The molecule has 0 aromatic rings. The molecule has 2 radical (unpaired) electrons. The van der Waals surface area contributed by atoms with E-state index in [-0.39, 0.29) is 0 Å². The molecule has 0 heterocycles. The van der Waals surface area contributed by atoms with E-state index in [4.69, 9.17) is 0 Å². The van der Waals surface area contributed by atoms with Gasteiger partial charge in [-0.1, -0.05) is 0 Å². The molecule has 0 aromatic heterocycles. The van der Waals surface area contributed by atoms with Crippen molar-refractivity contribution in [3.05, 3.63) is 0 Å². The Morgan fingerprint density at radius 3 is 1.50 bits per heavy atom. The van der Waals surface area contributed by atoms with Gasteiger partial charge in [-0.2, -0.15) is 0 Å². The van der Waals surface area contributed by atoms with Gasteiger partial charge in [0.25, 0.3) is 0 Å². The first-order valence-electron chi connectivity index (χ1n) is 3.03. The van der Waals surface area contributed by atoms with Crippen LogP contribution in [-0.4, -0.2) is 27.2 Å². The van der Waals surface area contributed by atoms with Crippen LogP contribution in [0.5, 0.6) is 0 Å². The topological polar surface area (TPSA) is 28.2 Å². The van der Waals surface area contributed by atoms with E-state index in [9.17, 15) is 0 Å². The Labute approximate surface area is 51.7 Å². The first-order chi connectivity index (χ1) is 3.91. The van der Waals surface area contributed by atoms with Crippen molar-refractivity contribution in [1.82, 2.24) is 10.6 Å². The molecule has 0 rings (SSSR count). The lowest BCUT2D eigenvalue weighted by Gasteiger charge is -1.94. The van der Waals surface area contributed by atoms with Crippen molar-refractivity contribution >= 4 is 0 Å². The number of hydrogen-bond acceptors (Lipinski definition) is 0. The van der Waals surface area contributed by atoms with Gasteiger partial charge in [0, 0.05) is 27.2 Å². The highest BCUT2D eigenvalue weighted by molar-refractivity contribution is 4.43. The Morgan fingerprint density at radius 1 is 0.875 bits per heavy atom. The lowest BCUT2D eigenvalue weighted by molar-refractivity contribution is 0.634. The van der Waals surface area contributed by atoms with E-state index in [1.165, 1.54) is 12.8 Å². The lowest BCUT2D eigenvalue weighted by Crippen LogP contribution is -2.04. The van der Waals surface area contributed by atoms with Crippen LogP contribution < -0.4 is 10.6 Å². The number of rotatable bonds is 5. The smallest absolute Gasteiger partial charge is 0.0130 e. The Hall–Kier alpha value is -0.0800. The van der Waals surface area contributed by atoms with Gasteiger partial charge in [0.15, 0.2) is 0 Å². The fourth-order valence-corrected chi connectivity index (χ4v) is 0.540. The average molecular weight is 114 g/mol. The van der Waals surface area contributed by atoms with Gasteiger partial charge < -0.3 is 0 Å². The molecule has 0 saturated carbocycles. The highest BCUT2D eigenvalue weighted by Gasteiger charge is 1.83. The van der Waals surface area contributed by atoms with Crippen molar-refractivity contribution in [3.8, 4) is 0 Å². The van der Waals surface area contributed by atoms with Crippen LogP contribution in [0.2, 0.25) is 0 Å². The van der Waals surface area contributed by atoms with Gasteiger partial charge in [0.1, 0.15) is 0 Å². The van der Waals surface area contributed by atoms with Gasteiger partial charge in [-0.15, -0.1) is 0 Å². The molecule has 2 nitrogen and oxygen atoms in total. The van der Waals surface area contributed by atoms with Gasteiger partial charge in [0.2, 0.25) is 0 Å². The maximum atomic E-state index is 3.97. The molecule has 0 bridgehead atoms. The Bertz CT molecular complexity index is 31.5. The molecular weight excluding hydrogens is 100 g/mol. The summed E-state index contributed by atoms with van der Waals surface area (Å²) in [5, 5.41) is 7.93. The summed E-state index contributed by atoms with van der Waals surface area (Å²) in [6.07, 6.45) is 2.38. The number of unbranched alkanes of at least 4 members (excludes halogenated alkanes) is 1. The second-order valence-electron chi connectivity index (χ2n) is 1.79. The summed E-state index contributed by atoms with van der Waals surface area (Å²) in [6.45, 7) is 1.99. The SMILES string of the molecule is C[N]CCCC[N]C. The maximum absolute atomic E-state index is 3.97. The molecular formula is C6H14N2. The third-order valence-electron chi connectivity index (χ3n) is 1.01. The minimum Gasteiger partial charge on any atom is -0.245 e. The first kappa shape index (κ1) is 7.92. The molecule has 2 heteroatoms. The fraction of sp³-hybridized carbons (Fsp3) is 1.00. The minimum atomic E-state index is 0.996. The summed E-state index contributed by atoms with van der Waals surface area (Å²) in [7, 11) is 3.70. The van der Waals surface area contributed by atoms with Gasteiger partial charge in [-0.3, -0.25) is 0 Å². The van der Waals surface area contributed by atoms with Crippen LogP contribution in [0, 0.1) is 0 Å². The molecule has 0 fully saturated rings. The van der Waals surface area contributed by atoms with Gasteiger partial charge in [0.05, 0.1) is 0 Å². The van der Waals surface area contributed by atoms with Gasteiger partial charge >= 0.3 is 0 Å². The largest absolute Gasteiger partial charge is 0.245 e. The third kappa shape index (κ3) is 5.92. The van der Waals surface area contributed by atoms with E-state index in [2.05, 4.69) is 10.6 Å². The summed E-state index contributed by atoms with van der Waals surface area (Å²) < 4.78 is 0. The minimum absolute atomic E-state index is 0.996. The van der Waals surface area contributed by atoms with Crippen molar-refractivity contribution < 1.29 is 0 Å². The summed E-state index contributed by atoms with van der Waals surface area (Å²) in [5.41, 5.74) is 0.